The monoisotopic (exact) mass is 450 g/mol. The molecule has 2 atom stereocenters. The summed E-state index contributed by atoms with van der Waals surface area (Å²) in [5.41, 5.74) is 0.389. The van der Waals surface area contributed by atoms with E-state index in [-0.39, 0.29) is 12.2 Å². The number of fused-ring (bicyclic) bond motifs is 1. The summed E-state index contributed by atoms with van der Waals surface area (Å²) in [5, 5.41) is 0.544. The van der Waals surface area contributed by atoms with Crippen LogP contribution in [0.2, 0.25) is 5.02 Å². The maximum absolute atomic E-state index is 14.2. The number of carbonyl (C=O) groups excluding carboxylic acids is 2. The van der Waals surface area contributed by atoms with Crippen LogP contribution in [-0.4, -0.2) is 32.4 Å². The lowest BCUT2D eigenvalue weighted by atomic mass is 9.72. The van der Waals surface area contributed by atoms with Crippen molar-refractivity contribution in [2.24, 2.45) is 0 Å². The summed E-state index contributed by atoms with van der Waals surface area (Å²) in [6, 6.07) is 21.7. The molecule has 3 aromatic carbocycles. The van der Waals surface area contributed by atoms with Crippen molar-refractivity contribution in [1.29, 1.82) is 0 Å². The van der Waals surface area contributed by atoms with Gasteiger partial charge in [0.05, 0.1) is 6.61 Å². The van der Waals surface area contributed by atoms with Gasteiger partial charge in [0.25, 0.3) is 0 Å². The highest BCUT2D eigenvalue weighted by molar-refractivity contribution is 6.30. The summed E-state index contributed by atoms with van der Waals surface area (Å²) in [6.45, 7) is 0.684. The number of ketones is 1. The van der Waals surface area contributed by atoms with Crippen molar-refractivity contribution in [1.82, 2.24) is 0 Å². The molecule has 1 heterocycles. The Morgan fingerprint density at radius 1 is 1.00 bits per heavy atom. The molecule has 6 heteroatoms. The van der Waals surface area contributed by atoms with Crippen molar-refractivity contribution < 1.29 is 23.8 Å². The molecule has 32 heavy (non-hydrogen) atoms. The van der Waals surface area contributed by atoms with Crippen LogP contribution >= 0.6 is 11.6 Å². The van der Waals surface area contributed by atoms with Crippen LogP contribution in [-0.2, 0) is 15.1 Å². The van der Waals surface area contributed by atoms with E-state index in [0.717, 1.165) is 11.8 Å². The first-order valence-corrected chi connectivity index (χ1v) is 10.7. The molecule has 3 aromatic rings. The normalized spacial score (nSPS) is 18.0. The molecule has 0 fully saturated rings. The number of rotatable bonds is 9. The lowest BCUT2D eigenvalue weighted by Gasteiger charge is -2.35. The van der Waals surface area contributed by atoms with Gasteiger partial charge in [-0.2, -0.15) is 0 Å². The maximum atomic E-state index is 14.2. The van der Waals surface area contributed by atoms with E-state index in [1.807, 2.05) is 30.3 Å². The van der Waals surface area contributed by atoms with Gasteiger partial charge in [0.2, 0.25) is 11.4 Å². The fourth-order valence-electron chi connectivity index (χ4n) is 4.22. The summed E-state index contributed by atoms with van der Waals surface area (Å²) in [7, 11) is 1.59. The molecule has 0 saturated carbocycles. The minimum Gasteiger partial charge on any atom is -0.490 e. The molecule has 1 aliphatic rings. The SMILES string of the molecule is COCCOc1cccc2c1C(=O)[C@@](c1ccc(Cl)cc1)(C(CC=O)c1ccccc1)O2. The van der Waals surface area contributed by atoms with Crippen molar-refractivity contribution in [3.8, 4) is 11.5 Å². The van der Waals surface area contributed by atoms with Crippen molar-refractivity contribution in [3.63, 3.8) is 0 Å². The first-order chi connectivity index (χ1) is 15.6. The van der Waals surface area contributed by atoms with E-state index >= 15 is 0 Å². The molecular formula is C26H23ClO5. The molecule has 0 N–H and O–H groups in total. The molecule has 164 valence electrons. The van der Waals surface area contributed by atoms with Gasteiger partial charge in [0, 0.05) is 30.0 Å². The molecule has 1 aliphatic heterocycles. The number of hydrogen-bond donors (Lipinski definition) is 0. The second kappa shape index (κ2) is 9.55. The van der Waals surface area contributed by atoms with Gasteiger partial charge in [-0.25, -0.2) is 0 Å². The number of halogens is 1. The van der Waals surface area contributed by atoms with Crippen LogP contribution in [0.5, 0.6) is 11.5 Å². The van der Waals surface area contributed by atoms with Crippen molar-refractivity contribution >= 4 is 23.7 Å². The fourth-order valence-corrected chi connectivity index (χ4v) is 4.34. The van der Waals surface area contributed by atoms with Crippen LogP contribution in [0.1, 0.15) is 33.8 Å². The summed E-state index contributed by atoms with van der Waals surface area (Å²) >= 11 is 6.13. The highest BCUT2D eigenvalue weighted by atomic mass is 35.5. The zero-order chi connectivity index (χ0) is 22.6. The number of ether oxygens (including phenoxy) is 3. The van der Waals surface area contributed by atoms with Gasteiger partial charge < -0.3 is 19.0 Å². The maximum Gasteiger partial charge on any atom is 0.219 e. The zero-order valence-electron chi connectivity index (χ0n) is 17.6. The quantitative estimate of drug-likeness (QED) is 0.331. The molecule has 0 spiro atoms. The van der Waals surface area contributed by atoms with Crippen LogP contribution in [0.25, 0.3) is 0 Å². The predicted octanol–water partition coefficient (Wildman–Crippen LogP) is 5.21. The molecule has 0 aromatic heterocycles. The Morgan fingerprint density at radius 2 is 1.75 bits per heavy atom. The van der Waals surface area contributed by atoms with E-state index < -0.39 is 11.5 Å². The van der Waals surface area contributed by atoms with Crippen molar-refractivity contribution in [2.75, 3.05) is 20.3 Å². The molecule has 4 rings (SSSR count). The largest absolute Gasteiger partial charge is 0.490 e. The molecule has 0 radical (unpaired) electrons. The van der Waals surface area contributed by atoms with Crippen molar-refractivity contribution in [3.05, 3.63) is 94.5 Å². The van der Waals surface area contributed by atoms with Gasteiger partial charge in [-0.3, -0.25) is 4.79 Å². The molecule has 0 amide bonds. The van der Waals surface area contributed by atoms with E-state index in [4.69, 9.17) is 25.8 Å². The number of Topliss-reactive ketones (excluding diaryl/α,β-unsaturated/α-hetero) is 1. The third-order valence-corrected chi connectivity index (χ3v) is 5.92. The average molecular weight is 451 g/mol. The summed E-state index contributed by atoms with van der Waals surface area (Å²) in [5.74, 6) is 0.0534. The van der Waals surface area contributed by atoms with Gasteiger partial charge in [-0.05, 0) is 29.8 Å². The lowest BCUT2D eigenvalue weighted by molar-refractivity contribution is -0.109. The smallest absolute Gasteiger partial charge is 0.219 e. The fraction of sp³-hybridized carbons (Fsp3) is 0.231. The van der Waals surface area contributed by atoms with Gasteiger partial charge >= 0.3 is 0 Å². The number of methoxy groups -OCH3 is 1. The molecule has 0 saturated heterocycles. The number of carbonyl (C=O) groups is 2. The Kier molecular flexibility index (Phi) is 6.58. The summed E-state index contributed by atoms with van der Waals surface area (Å²) < 4.78 is 17.4. The predicted molar refractivity (Wildman–Crippen MR) is 122 cm³/mol. The highest BCUT2D eigenvalue weighted by Crippen LogP contribution is 2.52. The Morgan fingerprint density at radius 3 is 2.44 bits per heavy atom. The number of benzene rings is 3. The van der Waals surface area contributed by atoms with E-state index in [2.05, 4.69) is 0 Å². The van der Waals surface area contributed by atoms with Gasteiger partial charge in [-0.15, -0.1) is 0 Å². The second-order valence-corrected chi connectivity index (χ2v) is 7.95. The Bertz CT molecular complexity index is 1100. The molecule has 1 unspecified atom stereocenters. The van der Waals surface area contributed by atoms with Crippen LogP contribution in [0, 0.1) is 0 Å². The van der Waals surface area contributed by atoms with E-state index in [9.17, 15) is 9.59 Å². The lowest BCUT2D eigenvalue weighted by Crippen LogP contribution is -2.43. The third-order valence-electron chi connectivity index (χ3n) is 5.67. The number of aldehydes is 1. The summed E-state index contributed by atoms with van der Waals surface area (Å²) in [6.07, 6.45) is 0.928. The Hall–Kier alpha value is -3.15. The minimum absolute atomic E-state index is 0.103. The zero-order valence-corrected chi connectivity index (χ0v) is 18.4. The molecule has 5 nitrogen and oxygen atoms in total. The van der Waals surface area contributed by atoms with Crippen LogP contribution in [0.4, 0.5) is 0 Å². The molecule has 0 aliphatic carbocycles. The number of hydrogen-bond acceptors (Lipinski definition) is 5. The topological polar surface area (TPSA) is 61.8 Å². The van der Waals surface area contributed by atoms with Gasteiger partial charge in [-0.1, -0.05) is 60.1 Å². The van der Waals surface area contributed by atoms with Crippen LogP contribution < -0.4 is 9.47 Å². The van der Waals surface area contributed by atoms with Gasteiger partial charge in [0.1, 0.15) is 30.0 Å². The minimum atomic E-state index is -1.43. The van der Waals surface area contributed by atoms with Crippen LogP contribution in [0.15, 0.2) is 72.8 Å². The Balaban J connectivity index is 1.89. The second-order valence-electron chi connectivity index (χ2n) is 7.51. The summed E-state index contributed by atoms with van der Waals surface area (Å²) in [4.78, 5) is 25.9. The van der Waals surface area contributed by atoms with E-state index in [1.165, 1.54) is 0 Å². The first kappa shape index (κ1) is 22.1. The Labute approximate surface area is 191 Å². The third kappa shape index (κ3) is 3.90. The van der Waals surface area contributed by atoms with E-state index in [0.29, 0.717) is 40.9 Å². The van der Waals surface area contributed by atoms with Gasteiger partial charge in [0.15, 0.2) is 0 Å². The average Bonchev–Trinajstić information content (AvgIpc) is 3.12. The molecule has 0 bridgehead atoms. The highest BCUT2D eigenvalue weighted by Gasteiger charge is 2.56. The standard InChI is InChI=1S/C26H23ClO5/c1-30-16-17-31-22-8-5-9-23-24(22)25(29)26(32-23,19-10-12-20(27)13-11-19)21(14-15-28)18-6-3-2-4-7-18/h2-13,15,21H,14,16-17H2,1H3/t21?,26-/m1/s1. The van der Waals surface area contributed by atoms with E-state index in [1.54, 1.807) is 49.6 Å². The van der Waals surface area contributed by atoms with Crippen molar-refractivity contribution in [2.45, 2.75) is 17.9 Å². The van der Waals surface area contributed by atoms with Crippen LogP contribution in [0.3, 0.4) is 0 Å². The molecular weight excluding hydrogens is 428 g/mol. The first-order valence-electron chi connectivity index (χ1n) is 10.3.